The Morgan fingerprint density at radius 3 is 2.40 bits per heavy atom. The molecule has 6 heteroatoms. The van der Waals surface area contributed by atoms with E-state index in [-0.39, 0.29) is 11.3 Å². The van der Waals surface area contributed by atoms with Gasteiger partial charge in [-0.25, -0.2) is 0 Å². The zero-order valence-corrected chi connectivity index (χ0v) is 17.8. The largest absolute Gasteiger partial charge is 0.507 e. The number of rotatable bonds is 8. The van der Waals surface area contributed by atoms with Crippen molar-refractivity contribution in [3.05, 3.63) is 71.1 Å². The predicted molar refractivity (Wildman–Crippen MR) is 117 cm³/mol. The van der Waals surface area contributed by atoms with Crippen LogP contribution >= 0.6 is 0 Å². The van der Waals surface area contributed by atoms with Crippen molar-refractivity contribution in [3.8, 4) is 0 Å². The van der Waals surface area contributed by atoms with E-state index in [4.69, 9.17) is 0 Å². The van der Waals surface area contributed by atoms with Gasteiger partial charge in [0.15, 0.2) is 0 Å². The zero-order chi connectivity index (χ0) is 21.7. The molecule has 0 unspecified atom stereocenters. The summed E-state index contributed by atoms with van der Waals surface area (Å²) in [5.74, 6) is -1.40. The molecule has 2 heterocycles. The number of hydrogen-bond donors (Lipinski definition) is 1. The highest BCUT2D eigenvalue weighted by atomic mass is 16.3. The first-order valence-corrected chi connectivity index (χ1v) is 10.5. The van der Waals surface area contributed by atoms with Gasteiger partial charge in [-0.2, -0.15) is 0 Å². The van der Waals surface area contributed by atoms with Gasteiger partial charge in [-0.15, -0.1) is 0 Å². The van der Waals surface area contributed by atoms with Crippen LogP contribution in [0.1, 0.15) is 43.1 Å². The summed E-state index contributed by atoms with van der Waals surface area (Å²) in [6.45, 7) is 9.29. The molecule has 1 saturated heterocycles. The molecule has 0 radical (unpaired) electrons. The topological polar surface area (TPSA) is 73.7 Å². The lowest BCUT2D eigenvalue weighted by Gasteiger charge is -2.26. The molecule has 1 aromatic heterocycles. The summed E-state index contributed by atoms with van der Waals surface area (Å²) in [7, 11) is 0. The number of amides is 1. The molecule has 0 bridgehead atoms. The first-order valence-electron chi connectivity index (χ1n) is 10.5. The lowest BCUT2D eigenvalue weighted by molar-refractivity contribution is -0.140. The Bertz CT molecular complexity index is 918. The number of hydrogen-bond acceptors (Lipinski definition) is 5. The lowest BCUT2D eigenvalue weighted by atomic mass is 9.98. The van der Waals surface area contributed by atoms with Gasteiger partial charge in [0.1, 0.15) is 11.8 Å². The molecule has 158 valence electrons. The maximum absolute atomic E-state index is 12.9. The van der Waals surface area contributed by atoms with Gasteiger partial charge in [0.05, 0.1) is 11.3 Å². The molecule has 0 saturated carbocycles. The minimum Gasteiger partial charge on any atom is -0.507 e. The first-order chi connectivity index (χ1) is 14.5. The minimum absolute atomic E-state index is 0.102. The van der Waals surface area contributed by atoms with E-state index >= 15 is 0 Å². The molecule has 30 heavy (non-hydrogen) atoms. The van der Waals surface area contributed by atoms with Crippen molar-refractivity contribution in [2.75, 3.05) is 26.2 Å². The van der Waals surface area contributed by atoms with Crippen LogP contribution in [0.15, 0.2) is 54.2 Å². The lowest BCUT2D eigenvalue weighted by Crippen LogP contribution is -2.33. The normalized spacial score (nSPS) is 18.4. The smallest absolute Gasteiger partial charge is 0.295 e. The number of aliphatic hydroxyl groups is 1. The van der Waals surface area contributed by atoms with E-state index in [0.29, 0.717) is 17.8 Å². The number of ketones is 1. The quantitative estimate of drug-likeness (QED) is 0.412. The van der Waals surface area contributed by atoms with Crippen LogP contribution in [0.4, 0.5) is 0 Å². The molecule has 0 spiro atoms. The fourth-order valence-corrected chi connectivity index (χ4v) is 3.83. The van der Waals surface area contributed by atoms with Crippen LogP contribution in [-0.4, -0.2) is 57.8 Å². The maximum atomic E-state index is 12.9. The number of likely N-dealkylation sites (tertiary alicyclic amines) is 1. The van der Waals surface area contributed by atoms with Crippen LogP contribution in [-0.2, 0) is 9.59 Å². The molecule has 3 rings (SSSR count). The van der Waals surface area contributed by atoms with Crippen molar-refractivity contribution in [1.29, 1.82) is 0 Å². The summed E-state index contributed by atoms with van der Waals surface area (Å²) in [6.07, 6.45) is 2.37. The Kier molecular flexibility index (Phi) is 7.00. The second-order valence-electron chi connectivity index (χ2n) is 7.49. The van der Waals surface area contributed by atoms with E-state index in [0.717, 1.165) is 31.6 Å². The van der Waals surface area contributed by atoms with Gasteiger partial charge in [0.2, 0.25) is 0 Å². The molecule has 1 aromatic carbocycles. The van der Waals surface area contributed by atoms with Gasteiger partial charge in [-0.3, -0.25) is 14.6 Å². The highest BCUT2D eigenvalue weighted by Gasteiger charge is 2.46. The highest BCUT2D eigenvalue weighted by molar-refractivity contribution is 6.46. The SMILES string of the molecule is CCN(CC)CCCN1C(=O)C(=O)/C(=C(\O)c2ccc(C)cc2)[C@@H]1c1ccccn1. The van der Waals surface area contributed by atoms with E-state index in [1.807, 2.05) is 25.1 Å². The van der Waals surface area contributed by atoms with Gasteiger partial charge in [0.25, 0.3) is 11.7 Å². The third kappa shape index (κ3) is 4.44. The molecule has 1 aliphatic heterocycles. The number of carbonyl (C=O) groups is 2. The fourth-order valence-electron chi connectivity index (χ4n) is 3.83. The number of aromatic nitrogens is 1. The van der Waals surface area contributed by atoms with E-state index in [1.54, 1.807) is 35.4 Å². The van der Waals surface area contributed by atoms with Crippen molar-refractivity contribution in [2.24, 2.45) is 0 Å². The Hall–Kier alpha value is -2.99. The van der Waals surface area contributed by atoms with Crippen molar-refractivity contribution < 1.29 is 14.7 Å². The highest BCUT2D eigenvalue weighted by Crippen LogP contribution is 2.38. The Morgan fingerprint density at radius 1 is 1.10 bits per heavy atom. The summed E-state index contributed by atoms with van der Waals surface area (Å²) in [5, 5.41) is 11.0. The molecule has 6 nitrogen and oxygen atoms in total. The molecule has 1 fully saturated rings. The third-order valence-corrected chi connectivity index (χ3v) is 5.60. The Balaban J connectivity index is 1.99. The van der Waals surface area contributed by atoms with Crippen molar-refractivity contribution in [1.82, 2.24) is 14.8 Å². The molecule has 1 atom stereocenters. The average molecular weight is 408 g/mol. The third-order valence-electron chi connectivity index (χ3n) is 5.60. The number of carbonyl (C=O) groups excluding carboxylic acids is 2. The summed E-state index contributed by atoms with van der Waals surface area (Å²) in [6, 6.07) is 12.0. The van der Waals surface area contributed by atoms with Crippen LogP contribution in [0, 0.1) is 6.92 Å². The van der Waals surface area contributed by atoms with Gasteiger partial charge < -0.3 is 14.9 Å². The molecule has 0 aliphatic carbocycles. The van der Waals surface area contributed by atoms with Crippen molar-refractivity contribution >= 4 is 17.4 Å². The van der Waals surface area contributed by atoms with Gasteiger partial charge >= 0.3 is 0 Å². The zero-order valence-electron chi connectivity index (χ0n) is 17.8. The Morgan fingerprint density at radius 2 is 1.80 bits per heavy atom. The number of pyridine rings is 1. The summed E-state index contributed by atoms with van der Waals surface area (Å²) >= 11 is 0. The van der Waals surface area contributed by atoms with E-state index in [2.05, 4.69) is 23.7 Å². The van der Waals surface area contributed by atoms with Crippen molar-refractivity contribution in [3.63, 3.8) is 0 Å². The summed E-state index contributed by atoms with van der Waals surface area (Å²) in [5.41, 5.74) is 2.24. The summed E-state index contributed by atoms with van der Waals surface area (Å²) < 4.78 is 0. The average Bonchev–Trinajstić information content (AvgIpc) is 3.02. The van der Waals surface area contributed by atoms with Gasteiger partial charge in [-0.1, -0.05) is 49.7 Å². The van der Waals surface area contributed by atoms with Crippen LogP contribution in [0.3, 0.4) is 0 Å². The number of Topliss-reactive ketones (excluding diaryl/α,β-unsaturated/α-hetero) is 1. The molecular formula is C24H29N3O3. The number of benzene rings is 1. The first kappa shape index (κ1) is 21.7. The van der Waals surface area contributed by atoms with Crippen LogP contribution in [0.5, 0.6) is 0 Å². The standard InChI is InChI=1S/C24H29N3O3/c1-4-26(5-2)15-8-16-27-21(19-9-6-7-14-25-19)20(23(29)24(27)30)22(28)18-12-10-17(3)11-13-18/h6-7,9-14,21,28H,4-5,8,15-16H2,1-3H3/b22-20-/t21-/m0/s1. The Labute approximate surface area is 177 Å². The van der Waals surface area contributed by atoms with E-state index < -0.39 is 17.7 Å². The second kappa shape index (κ2) is 9.67. The summed E-state index contributed by atoms with van der Waals surface area (Å²) in [4.78, 5) is 34.1. The fraction of sp³-hybridized carbons (Fsp3) is 0.375. The molecule has 2 aromatic rings. The molecule has 1 amide bonds. The second-order valence-corrected chi connectivity index (χ2v) is 7.49. The molecule has 1 aliphatic rings. The van der Waals surface area contributed by atoms with Crippen LogP contribution < -0.4 is 0 Å². The van der Waals surface area contributed by atoms with E-state index in [1.165, 1.54) is 0 Å². The minimum atomic E-state index is -0.691. The van der Waals surface area contributed by atoms with Gasteiger partial charge in [0, 0.05) is 18.3 Å². The molecule has 1 N–H and O–H groups in total. The molecular weight excluding hydrogens is 378 g/mol. The maximum Gasteiger partial charge on any atom is 0.295 e. The van der Waals surface area contributed by atoms with E-state index in [9.17, 15) is 14.7 Å². The number of aryl methyl sites for hydroxylation is 1. The van der Waals surface area contributed by atoms with Gasteiger partial charge in [-0.05, 0) is 45.1 Å². The monoisotopic (exact) mass is 407 g/mol. The number of aliphatic hydroxyl groups excluding tert-OH is 1. The van der Waals surface area contributed by atoms with Crippen molar-refractivity contribution in [2.45, 2.75) is 33.2 Å². The number of nitrogens with zero attached hydrogens (tertiary/aromatic N) is 3. The predicted octanol–water partition coefficient (Wildman–Crippen LogP) is 3.54. The van der Waals surface area contributed by atoms with Crippen LogP contribution in [0.25, 0.3) is 5.76 Å². The van der Waals surface area contributed by atoms with Crippen LogP contribution in [0.2, 0.25) is 0 Å².